The summed E-state index contributed by atoms with van der Waals surface area (Å²) in [5.74, 6) is 1.46. The number of aryl methyl sites for hydroxylation is 1. The summed E-state index contributed by atoms with van der Waals surface area (Å²) in [7, 11) is 1.86. The molecule has 3 aliphatic heterocycles. The fourth-order valence-electron chi connectivity index (χ4n) is 5.94. The van der Waals surface area contributed by atoms with Crippen molar-refractivity contribution in [3.05, 3.63) is 36.7 Å². The Morgan fingerprint density at radius 2 is 1.85 bits per heavy atom. The van der Waals surface area contributed by atoms with Crippen molar-refractivity contribution < 1.29 is 24.1 Å². The topological polar surface area (TPSA) is 115 Å². The fraction of sp³-hybridized carbons (Fsp3) is 0.517. The Morgan fingerprint density at radius 3 is 2.52 bits per heavy atom. The molecule has 2 bridgehead atoms. The summed E-state index contributed by atoms with van der Waals surface area (Å²) >= 11 is 0. The number of hydrogen-bond acceptors (Lipinski definition) is 9. The molecule has 1 aromatic carbocycles. The van der Waals surface area contributed by atoms with Gasteiger partial charge in [-0.25, -0.2) is 4.79 Å². The molecular formula is C29H36N6O5. The van der Waals surface area contributed by atoms with Gasteiger partial charge in [0, 0.05) is 43.0 Å². The number of aromatic nitrogens is 4. The number of amides is 1. The number of piperidine rings is 1. The van der Waals surface area contributed by atoms with Crippen molar-refractivity contribution in [2.75, 3.05) is 31.3 Å². The van der Waals surface area contributed by atoms with Crippen LogP contribution in [0.1, 0.15) is 40.0 Å². The summed E-state index contributed by atoms with van der Waals surface area (Å²) in [5, 5.41) is 24.2. The van der Waals surface area contributed by atoms with E-state index < -0.39 is 5.60 Å². The molecule has 1 N–H and O–H groups in total. The highest BCUT2D eigenvalue weighted by Gasteiger charge is 2.45. The summed E-state index contributed by atoms with van der Waals surface area (Å²) in [5.41, 5.74) is 2.36. The van der Waals surface area contributed by atoms with Crippen LogP contribution in [0.4, 0.5) is 10.6 Å². The van der Waals surface area contributed by atoms with Gasteiger partial charge < -0.3 is 24.2 Å². The molecule has 3 atom stereocenters. The molecule has 0 saturated carbocycles. The highest BCUT2D eigenvalue weighted by molar-refractivity contribution is 5.75. The van der Waals surface area contributed by atoms with Crippen LogP contribution in [-0.2, 0) is 16.5 Å². The van der Waals surface area contributed by atoms with E-state index in [1.165, 1.54) is 0 Å². The maximum atomic E-state index is 13.0. The van der Waals surface area contributed by atoms with Crippen LogP contribution >= 0.6 is 0 Å². The van der Waals surface area contributed by atoms with Gasteiger partial charge in [-0.1, -0.05) is 6.07 Å². The molecule has 5 heterocycles. The summed E-state index contributed by atoms with van der Waals surface area (Å²) in [6.45, 7) is 7.99. The molecule has 3 aromatic rings. The van der Waals surface area contributed by atoms with Gasteiger partial charge in [-0.15, -0.1) is 10.2 Å². The van der Waals surface area contributed by atoms with Gasteiger partial charge in [0.15, 0.2) is 11.6 Å². The molecule has 11 heteroatoms. The van der Waals surface area contributed by atoms with Gasteiger partial charge in [0.25, 0.3) is 0 Å². The number of fused-ring (bicyclic) bond motifs is 3. The lowest BCUT2D eigenvalue weighted by molar-refractivity contribution is -0.0822. The minimum Gasteiger partial charge on any atom is -0.507 e. The Bertz CT molecular complexity index is 1390. The van der Waals surface area contributed by atoms with E-state index in [4.69, 9.17) is 14.2 Å². The second-order valence-electron chi connectivity index (χ2n) is 11.8. The van der Waals surface area contributed by atoms with Crippen LogP contribution in [0.3, 0.4) is 0 Å². The number of benzene rings is 1. The predicted molar refractivity (Wildman–Crippen MR) is 148 cm³/mol. The quantitative estimate of drug-likeness (QED) is 0.518. The largest absolute Gasteiger partial charge is 0.507 e. The van der Waals surface area contributed by atoms with Crippen molar-refractivity contribution in [2.45, 2.75) is 63.8 Å². The number of aromatic hydroxyl groups is 1. The minimum absolute atomic E-state index is 0.0671. The number of rotatable bonds is 3. The van der Waals surface area contributed by atoms with Gasteiger partial charge in [0.2, 0.25) is 0 Å². The molecule has 40 heavy (non-hydrogen) atoms. The van der Waals surface area contributed by atoms with Crippen molar-refractivity contribution in [3.8, 4) is 33.9 Å². The Morgan fingerprint density at radius 1 is 1.07 bits per heavy atom. The maximum Gasteiger partial charge on any atom is 0.410 e. The van der Waals surface area contributed by atoms with Crippen LogP contribution in [0.2, 0.25) is 0 Å². The summed E-state index contributed by atoms with van der Waals surface area (Å²) < 4.78 is 19.4. The van der Waals surface area contributed by atoms with Gasteiger partial charge in [0.1, 0.15) is 17.0 Å². The van der Waals surface area contributed by atoms with Crippen LogP contribution in [0.15, 0.2) is 36.7 Å². The smallest absolute Gasteiger partial charge is 0.410 e. The second-order valence-corrected chi connectivity index (χ2v) is 11.8. The van der Waals surface area contributed by atoms with Crippen molar-refractivity contribution >= 4 is 11.9 Å². The first-order chi connectivity index (χ1) is 19.2. The molecule has 0 aliphatic carbocycles. The average molecular weight is 549 g/mol. The Kier molecular flexibility index (Phi) is 6.77. The first-order valence-corrected chi connectivity index (χ1v) is 13.8. The third-order valence-corrected chi connectivity index (χ3v) is 7.67. The molecule has 212 valence electrons. The van der Waals surface area contributed by atoms with E-state index in [1.54, 1.807) is 16.9 Å². The normalized spacial score (nSPS) is 22.8. The molecule has 2 fully saturated rings. The van der Waals surface area contributed by atoms with E-state index in [1.807, 2.05) is 57.1 Å². The molecule has 1 amide bonds. The van der Waals surface area contributed by atoms with Crippen molar-refractivity contribution in [3.63, 3.8) is 0 Å². The molecule has 2 aromatic heterocycles. The first kappa shape index (κ1) is 26.4. The summed E-state index contributed by atoms with van der Waals surface area (Å²) in [4.78, 5) is 17.2. The SMILES string of the molecule is Cn1cc(-c2ccc(-c3cc4c(nn3)N([C@H]3CC5COC[C@H](C3)N5C(=O)OC(C)(C)C)CCCO4)c(O)c2)cn1. The van der Waals surface area contributed by atoms with Crippen LogP contribution < -0.4 is 9.64 Å². The molecule has 3 aliphatic rings. The zero-order valence-electron chi connectivity index (χ0n) is 23.4. The standard InChI is InChI=1S/C29H36N6O5/c1-29(2,3)40-28(37)35-21-11-20(12-22(35)17-38-16-21)34-8-5-9-39-26-13-24(31-32-27(26)34)23-7-6-18(10-25(23)36)19-14-30-33(4)15-19/h6-7,10,13-15,20-22,36H,5,8-9,11-12,16-17H2,1-4H3/t20-,21+,22?/m1/s1. The summed E-state index contributed by atoms with van der Waals surface area (Å²) in [6, 6.07) is 7.38. The van der Waals surface area contributed by atoms with E-state index in [2.05, 4.69) is 20.2 Å². The van der Waals surface area contributed by atoms with Crippen LogP contribution in [-0.4, -0.2) is 86.2 Å². The number of nitrogens with zero attached hydrogens (tertiary/aromatic N) is 6. The number of carbonyl (C=O) groups is 1. The lowest BCUT2D eigenvalue weighted by Gasteiger charge is -2.50. The van der Waals surface area contributed by atoms with Gasteiger partial charge in [-0.2, -0.15) is 5.10 Å². The fourth-order valence-corrected chi connectivity index (χ4v) is 5.94. The molecule has 1 unspecified atom stereocenters. The third kappa shape index (κ3) is 5.17. The Labute approximate surface area is 233 Å². The van der Waals surface area contributed by atoms with Gasteiger partial charge in [0.05, 0.1) is 38.1 Å². The van der Waals surface area contributed by atoms with Gasteiger partial charge in [-0.05, 0) is 57.7 Å². The van der Waals surface area contributed by atoms with E-state index in [9.17, 15) is 9.90 Å². The molecule has 0 spiro atoms. The minimum atomic E-state index is -0.551. The van der Waals surface area contributed by atoms with Gasteiger partial charge >= 0.3 is 6.09 Å². The molecule has 2 saturated heterocycles. The zero-order chi connectivity index (χ0) is 28.0. The Hall–Kier alpha value is -3.86. The molecule has 0 radical (unpaired) electrons. The van der Waals surface area contributed by atoms with Crippen LogP contribution in [0.25, 0.3) is 22.4 Å². The predicted octanol–water partition coefficient (Wildman–Crippen LogP) is 4.01. The van der Waals surface area contributed by atoms with Crippen molar-refractivity contribution in [1.82, 2.24) is 24.9 Å². The lowest BCUT2D eigenvalue weighted by Crippen LogP contribution is -2.63. The number of ether oxygens (including phenoxy) is 3. The van der Waals surface area contributed by atoms with Gasteiger partial charge in [-0.3, -0.25) is 9.58 Å². The van der Waals surface area contributed by atoms with E-state index in [0.717, 1.165) is 36.9 Å². The highest BCUT2D eigenvalue weighted by atomic mass is 16.6. The monoisotopic (exact) mass is 548 g/mol. The highest BCUT2D eigenvalue weighted by Crippen LogP contribution is 2.40. The number of anilines is 1. The molecule has 11 nitrogen and oxygen atoms in total. The first-order valence-electron chi connectivity index (χ1n) is 13.8. The lowest BCUT2D eigenvalue weighted by atomic mass is 9.89. The number of phenols is 1. The second kappa shape index (κ2) is 10.3. The maximum absolute atomic E-state index is 13.0. The van der Waals surface area contributed by atoms with Crippen LogP contribution in [0, 0.1) is 0 Å². The van der Waals surface area contributed by atoms with Crippen molar-refractivity contribution in [2.24, 2.45) is 7.05 Å². The van der Waals surface area contributed by atoms with Crippen molar-refractivity contribution in [1.29, 1.82) is 0 Å². The van der Waals surface area contributed by atoms with Crippen LogP contribution in [0.5, 0.6) is 11.5 Å². The average Bonchev–Trinajstić information content (AvgIpc) is 3.22. The molecular weight excluding hydrogens is 512 g/mol. The zero-order valence-corrected chi connectivity index (χ0v) is 23.4. The van der Waals surface area contributed by atoms with E-state index in [-0.39, 0.29) is 30.0 Å². The van der Waals surface area contributed by atoms with E-state index in [0.29, 0.717) is 42.6 Å². The number of phenolic OH excluding ortho intramolecular Hbond substituents is 1. The van der Waals surface area contributed by atoms with E-state index >= 15 is 0 Å². The molecule has 6 rings (SSSR count). The summed E-state index contributed by atoms with van der Waals surface area (Å²) in [6.07, 6.45) is 5.72. The number of morpholine rings is 1. The number of hydrogen-bond donors (Lipinski definition) is 1. The number of carbonyl (C=O) groups excluding carboxylic acids is 1. The third-order valence-electron chi connectivity index (χ3n) is 7.67. The Balaban J connectivity index is 1.24.